The van der Waals surface area contributed by atoms with Crippen molar-refractivity contribution >= 4 is 45.7 Å². The van der Waals surface area contributed by atoms with Gasteiger partial charge in [0.2, 0.25) is 11.8 Å². The van der Waals surface area contributed by atoms with Crippen LogP contribution in [0, 0.1) is 27.2 Å². The van der Waals surface area contributed by atoms with Gasteiger partial charge < -0.3 is 0 Å². The molecule has 0 spiro atoms. The van der Waals surface area contributed by atoms with E-state index < -0.39 is 0 Å². The molecule has 32 heavy (non-hydrogen) atoms. The van der Waals surface area contributed by atoms with Crippen LogP contribution in [0.2, 0.25) is 0 Å². The number of hydrogen-bond donors (Lipinski definition) is 0. The summed E-state index contributed by atoms with van der Waals surface area (Å²) >= 11 is 2.23. The number of rotatable bonds is 3. The molecule has 0 aromatic heterocycles. The van der Waals surface area contributed by atoms with Gasteiger partial charge in [0, 0.05) is 15.4 Å². The van der Waals surface area contributed by atoms with Gasteiger partial charge in [-0.2, -0.15) is 0 Å². The van der Waals surface area contributed by atoms with Gasteiger partial charge in [0.15, 0.2) is 0 Å². The number of carbonyl (C=O) groups is 2. The van der Waals surface area contributed by atoms with E-state index >= 15 is 0 Å². The summed E-state index contributed by atoms with van der Waals surface area (Å²) in [5.41, 5.74) is 5.29. The molecular weight excluding hydrogens is 509 g/mol. The van der Waals surface area contributed by atoms with Crippen molar-refractivity contribution in [2.75, 3.05) is 4.90 Å². The Hall–Kier alpha value is -2.99. The maximum Gasteiger partial charge on any atom is 0.238 e. The van der Waals surface area contributed by atoms with E-state index in [1.54, 1.807) is 0 Å². The molecule has 3 nitrogen and oxygen atoms in total. The number of anilines is 1. The second-order valence-electron chi connectivity index (χ2n) is 8.54. The average molecular weight is 529 g/mol. The van der Waals surface area contributed by atoms with E-state index in [9.17, 15) is 9.59 Å². The lowest BCUT2D eigenvalue weighted by Gasteiger charge is -2.21. The highest BCUT2D eigenvalue weighted by atomic mass is 127. The Kier molecular flexibility index (Phi) is 4.65. The number of nitrogens with zero attached hydrogens (tertiary/aromatic N) is 1. The van der Waals surface area contributed by atoms with Crippen LogP contribution in [-0.2, 0) is 9.59 Å². The van der Waals surface area contributed by atoms with Crippen molar-refractivity contribution < 1.29 is 9.59 Å². The second kappa shape index (κ2) is 7.55. The molecule has 2 bridgehead atoms. The van der Waals surface area contributed by atoms with Gasteiger partial charge in [0.25, 0.3) is 0 Å². The molecule has 1 heterocycles. The molecular formula is C28H20INO2. The quantitative estimate of drug-likeness (QED) is 0.248. The summed E-state index contributed by atoms with van der Waals surface area (Å²) in [4.78, 5) is 28.5. The third-order valence-corrected chi connectivity index (χ3v) is 7.63. The molecule has 156 valence electrons. The van der Waals surface area contributed by atoms with Crippen LogP contribution >= 0.6 is 22.6 Å². The molecule has 0 unspecified atom stereocenters. The number of benzene rings is 3. The van der Waals surface area contributed by atoms with E-state index in [1.165, 1.54) is 10.5 Å². The summed E-state index contributed by atoms with van der Waals surface area (Å²) in [6, 6.07) is 28.3. The number of halogens is 1. The SMILES string of the molecule is O=C1[C@@H]2[C@@H](C(=O)N1c1ccc(I)cc1)[C@H]1C=C[C@H]2C1=C(c1ccccc1)c1ccccc1. The number of imide groups is 1. The largest absolute Gasteiger partial charge is 0.274 e. The Morgan fingerprint density at radius 2 is 1.12 bits per heavy atom. The highest BCUT2D eigenvalue weighted by Crippen LogP contribution is 2.58. The van der Waals surface area contributed by atoms with Crippen LogP contribution in [0.15, 0.2) is 103 Å². The summed E-state index contributed by atoms with van der Waals surface area (Å²) in [5.74, 6) is -0.896. The zero-order valence-electron chi connectivity index (χ0n) is 17.2. The molecule has 2 aliphatic carbocycles. The molecule has 1 saturated carbocycles. The minimum atomic E-state index is -0.325. The Morgan fingerprint density at radius 1 is 0.656 bits per heavy atom. The zero-order chi connectivity index (χ0) is 21.8. The van der Waals surface area contributed by atoms with Crippen molar-refractivity contribution in [3.63, 3.8) is 0 Å². The minimum absolute atomic E-state index is 0.0503. The van der Waals surface area contributed by atoms with Crippen LogP contribution in [0.3, 0.4) is 0 Å². The van der Waals surface area contributed by atoms with Gasteiger partial charge in [0.1, 0.15) is 0 Å². The highest BCUT2D eigenvalue weighted by Gasteiger charge is 2.62. The van der Waals surface area contributed by atoms with Crippen molar-refractivity contribution in [2.24, 2.45) is 23.7 Å². The van der Waals surface area contributed by atoms with Crippen molar-refractivity contribution in [2.45, 2.75) is 0 Å². The predicted octanol–water partition coefficient (Wildman–Crippen LogP) is 5.71. The molecule has 2 amide bonds. The van der Waals surface area contributed by atoms with Crippen LogP contribution in [0.25, 0.3) is 5.57 Å². The van der Waals surface area contributed by atoms with Crippen LogP contribution < -0.4 is 4.90 Å². The van der Waals surface area contributed by atoms with Crippen LogP contribution in [-0.4, -0.2) is 11.8 Å². The van der Waals surface area contributed by atoms with E-state index in [4.69, 9.17) is 0 Å². The highest BCUT2D eigenvalue weighted by molar-refractivity contribution is 14.1. The first-order valence-electron chi connectivity index (χ1n) is 10.8. The number of fused-ring (bicyclic) bond motifs is 5. The van der Waals surface area contributed by atoms with E-state index in [0.29, 0.717) is 5.69 Å². The molecule has 2 fully saturated rings. The fourth-order valence-corrected chi connectivity index (χ4v) is 6.01. The predicted molar refractivity (Wildman–Crippen MR) is 134 cm³/mol. The summed E-state index contributed by atoms with van der Waals surface area (Å²) in [6.45, 7) is 0. The fraction of sp³-hybridized carbons (Fsp3) is 0.143. The molecule has 3 aromatic carbocycles. The smallest absolute Gasteiger partial charge is 0.238 e. The zero-order valence-corrected chi connectivity index (χ0v) is 19.3. The molecule has 6 rings (SSSR count). The second-order valence-corrected chi connectivity index (χ2v) is 9.78. The van der Waals surface area contributed by atoms with Crippen LogP contribution in [0.1, 0.15) is 11.1 Å². The molecule has 0 radical (unpaired) electrons. The Labute approximate surface area is 200 Å². The maximum absolute atomic E-state index is 13.6. The van der Waals surface area contributed by atoms with Gasteiger partial charge in [-0.05, 0) is 69.1 Å². The minimum Gasteiger partial charge on any atom is -0.274 e. The molecule has 1 saturated heterocycles. The number of amides is 2. The summed E-state index contributed by atoms with van der Waals surface area (Å²) in [5, 5.41) is 0. The lowest BCUT2D eigenvalue weighted by atomic mass is 9.85. The summed E-state index contributed by atoms with van der Waals surface area (Å²) in [6.07, 6.45) is 4.30. The van der Waals surface area contributed by atoms with E-state index in [-0.39, 0.29) is 35.5 Å². The average Bonchev–Trinajstić information content (AvgIpc) is 3.46. The maximum atomic E-state index is 13.6. The first kappa shape index (κ1) is 19.7. The number of hydrogen-bond acceptors (Lipinski definition) is 2. The first-order chi connectivity index (χ1) is 15.6. The lowest BCUT2D eigenvalue weighted by molar-refractivity contribution is -0.122. The van der Waals surface area contributed by atoms with Crippen molar-refractivity contribution in [1.82, 2.24) is 0 Å². The topological polar surface area (TPSA) is 37.4 Å². The molecule has 0 N–H and O–H groups in total. The van der Waals surface area contributed by atoms with Gasteiger partial charge in [0.05, 0.1) is 17.5 Å². The van der Waals surface area contributed by atoms with Crippen molar-refractivity contribution in [3.8, 4) is 0 Å². The third kappa shape index (κ3) is 2.85. The van der Waals surface area contributed by atoms with E-state index in [1.807, 2.05) is 60.7 Å². The number of carbonyl (C=O) groups excluding carboxylic acids is 2. The molecule has 4 atom stereocenters. The third-order valence-electron chi connectivity index (χ3n) is 6.91. The molecule has 4 heteroatoms. The van der Waals surface area contributed by atoms with E-state index in [2.05, 4.69) is 59.0 Å². The van der Waals surface area contributed by atoms with Gasteiger partial charge in [-0.15, -0.1) is 0 Å². The standard InChI is InChI=1S/C28H20INO2/c29-19-11-13-20(14-12-19)30-27(31)25-21-15-16-22(26(25)28(30)32)24(21)23(17-7-3-1-4-8-17)18-9-5-2-6-10-18/h1-16,21-22,25-26H/t21-,22-,25-,26-/m0/s1. The van der Waals surface area contributed by atoms with Gasteiger partial charge in [-0.25, -0.2) is 4.90 Å². The van der Waals surface area contributed by atoms with Crippen molar-refractivity contribution in [1.29, 1.82) is 0 Å². The van der Waals surface area contributed by atoms with Crippen molar-refractivity contribution in [3.05, 3.63) is 117 Å². The Balaban J connectivity index is 1.48. The monoisotopic (exact) mass is 529 g/mol. The lowest BCUT2D eigenvalue weighted by Crippen LogP contribution is -2.33. The summed E-state index contributed by atoms with van der Waals surface area (Å²) < 4.78 is 1.08. The molecule has 1 aliphatic heterocycles. The van der Waals surface area contributed by atoms with Gasteiger partial charge in [-0.3, -0.25) is 9.59 Å². The molecule has 3 aromatic rings. The first-order valence-corrected chi connectivity index (χ1v) is 11.9. The fourth-order valence-electron chi connectivity index (χ4n) is 5.65. The normalized spacial score (nSPS) is 25.5. The van der Waals surface area contributed by atoms with Gasteiger partial charge in [-0.1, -0.05) is 72.8 Å². The molecule has 3 aliphatic rings. The Morgan fingerprint density at radius 3 is 1.59 bits per heavy atom. The summed E-state index contributed by atoms with van der Waals surface area (Å²) in [7, 11) is 0. The Bertz CT molecular complexity index is 1200. The van der Waals surface area contributed by atoms with Gasteiger partial charge >= 0.3 is 0 Å². The van der Waals surface area contributed by atoms with Crippen LogP contribution in [0.4, 0.5) is 5.69 Å². The van der Waals surface area contributed by atoms with E-state index in [0.717, 1.165) is 20.3 Å². The number of allylic oxidation sites excluding steroid dienone is 3. The van der Waals surface area contributed by atoms with Crippen LogP contribution in [0.5, 0.6) is 0 Å².